The number of carbonyl (C=O) groups excluding carboxylic acids is 1. The molecule has 0 radical (unpaired) electrons. The third kappa shape index (κ3) is 4.58. The highest BCUT2D eigenvalue weighted by Gasteiger charge is 2.30. The molecule has 3 aromatic rings. The molecule has 32 heavy (non-hydrogen) atoms. The van der Waals surface area contributed by atoms with Gasteiger partial charge in [-0.05, 0) is 47.2 Å². The second-order valence-electron chi connectivity index (χ2n) is 7.41. The van der Waals surface area contributed by atoms with E-state index >= 15 is 0 Å². The van der Waals surface area contributed by atoms with Gasteiger partial charge in [0, 0.05) is 26.2 Å². The summed E-state index contributed by atoms with van der Waals surface area (Å²) in [6.45, 7) is 0.742. The van der Waals surface area contributed by atoms with Gasteiger partial charge in [-0.3, -0.25) is 4.79 Å². The van der Waals surface area contributed by atoms with Crippen LogP contribution in [0.15, 0.2) is 71.6 Å². The number of carbonyl (C=O) groups is 2. The standard InChI is InChI=1S/C23H22N2O6S/c26-22(16-31-20-8-5-18(6-9-20)23(27)28)24-11-13-25(14-12-24)32(29,30)21-10-7-17-3-1-2-4-19(17)15-21/h1-10,15H,11-14,16H2,(H,27,28). The summed E-state index contributed by atoms with van der Waals surface area (Å²) in [5.74, 6) is -0.903. The number of amides is 1. The number of rotatable bonds is 6. The summed E-state index contributed by atoms with van der Waals surface area (Å²) >= 11 is 0. The number of hydrogen-bond donors (Lipinski definition) is 1. The monoisotopic (exact) mass is 454 g/mol. The van der Waals surface area contributed by atoms with Crippen molar-refractivity contribution >= 4 is 32.7 Å². The van der Waals surface area contributed by atoms with Crippen molar-refractivity contribution in [2.45, 2.75) is 4.90 Å². The van der Waals surface area contributed by atoms with E-state index < -0.39 is 16.0 Å². The van der Waals surface area contributed by atoms with E-state index in [0.717, 1.165) is 10.8 Å². The van der Waals surface area contributed by atoms with E-state index in [1.54, 1.807) is 23.1 Å². The van der Waals surface area contributed by atoms with Gasteiger partial charge in [0.1, 0.15) is 5.75 Å². The van der Waals surface area contributed by atoms with Gasteiger partial charge in [-0.25, -0.2) is 13.2 Å². The zero-order chi connectivity index (χ0) is 22.7. The Morgan fingerprint density at radius 2 is 1.53 bits per heavy atom. The molecule has 0 unspecified atom stereocenters. The van der Waals surface area contributed by atoms with Gasteiger partial charge in [0.2, 0.25) is 10.0 Å². The Morgan fingerprint density at radius 3 is 2.19 bits per heavy atom. The van der Waals surface area contributed by atoms with Gasteiger partial charge in [-0.1, -0.05) is 30.3 Å². The minimum atomic E-state index is -3.65. The summed E-state index contributed by atoms with van der Waals surface area (Å²) in [7, 11) is -3.65. The lowest BCUT2D eigenvalue weighted by Gasteiger charge is -2.34. The summed E-state index contributed by atoms with van der Waals surface area (Å²) in [6.07, 6.45) is 0. The van der Waals surface area contributed by atoms with Gasteiger partial charge in [-0.2, -0.15) is 4.31 Å². The van der Waals surface area contributed by atoms with Gasteiger partial charge in [0.25, 0.3) is 5.91 Å². The highest BCUT2D eigenvalue weighted by atomic mass is 32.2. The van der Waals surface area contributed by atoms with Crippen LogP contribution >= 0.6 is 0 Å². The first-order chi connectivity index (χ1) is 15.3. The molecule has 1 N–H and O–H groups in total. The van der Waals surface area contributed by atoms with Crippen LogP contribution in [0.25, 0.3) is 10.8 Å². The van der Waals surface area contributed by atoms with Crippen LogP contribution in [-0.4, -0.2) is 67.4 Å². The lowest BCUT2D eigenvalue weighted by molar-refractivity contribution is -0.134. The fourth-order valence-electron chi connectivity index (χ4n) is 3.58. The quantitative estimate of drug-likeness (QED) is 0.614. The highest BCUT2D eigenvalue weighted by Crippen LogP contribution is 2.23. The van der Waals surface area contributed by atoms with E-state index in [9.17, 15) is 18.0 Å². The highest BCUT2D eigenvalue weighted by molar-refractivity contribution is 7.89. The fourth-order valence-corrected chi connectivity index (χ4v) is 5.04. The fraction of sp³-hybridized carbons (Fsp3) is 0.217. The van der Waals surface area contributed by atoms with Crippen LogP contribution in [0.3, 0.4) is 0 Å². The molecule has 3 aromatic carbocycles. The second-order valence-corrected chi connectivity index (χ2v) is 9.35. The minimum Gasteiger partial charge on any atom is -0.484 e. The Morgan fingerprint density at radius 1 is 0.875 bits per heavy atom. The molecule has 1 amide bonds. The molecule has 8 nitrogen and oxygen atoms in total. The van der Waals surface area contributed by atoms with Crippen LogP contribution in [0.4, 0.5) is 0 Å². The molecule has 4 rings (SSSR count). The first kappa shape index (κ1) is 21.8. The molecule has 0 spiro atoms. The molecule has 0 aromatic heterocycles. The topological polar surface area (TPSA) is 104 Å². The maximum atomic E-state index is 13.0. The van der Waals surface area contributed by atoms with E-state index in [0.29, 0.717) is 5.75 Å². The Kier molecular flexibility index (Phi) is 6.11. The molecule has 9 heteroatoms. The number of carboxylic acids is 1. The number of carboxylic acid groups (broad SMARTS) is 1. The Balaban J connectivity index is 1.34. The molecule has 1 fully saturated rings. The van der Waals surface area contributed by atoms with Crippen LogP contribution in [0.5, 0.6) is 5.75 Å². The van der Waals surface area contributed by atoms with Crippen molar-refractivity contribution in [3.63, 3.8) is 0 Å². The molecule has 0 aliphatic carbocycles. The molecule has 1 aliphatic rings. The largest absolute Gasteiger partial charge is 0.484 e. The van der Waals surface area contributed by atoms with Crippen LogP contribution in [-0.2, 0) is 14.8 Å². The molecule has 1 saturated heterocycles. The maximum Gasteiger partial charge on any atom is 0.335 e. The van der Waals surface area contributed by atoms with E-state index in [2.05, 4.69) is 0 Å². The summed E-state index contributed by atoms with van der Waals surface area (Å²) in [6, 6.07) is 18.4. The van der Waals surface area contributed by atoms with Crippen LogP contribution in [0.1, 0.15) is 10.4 Å². The normalized spacial score (nSPS) is 14.9. The summed E-state index contributed by atoms with van der Waals surface area (Å²) in [4.78, 5) is 25.1. The number of benzene rings is 3. The number of nitrogens with zero attached hydrogens (tertiary/aromatic N) is 2. The lowest BCUT2D eigenvalue weighted by Crippen LogP contribution is -2.51. The van der Waals surface area contributed by atoms with Crippen molar-refractivity contribution in [1.29, 1.82) is 0 Å². The van der Waals surface area contributed by atoms with E-state index in [4.69, 9.17) is 9.84 Å². The van der Waals surface area contributed by atoms with Crippen molar-refractivity contribution < 1.29 is 27.9 Å². The number of piperazine rings is 1. The average Bonchev–Trinajstić information content (AvgIpc) is 2.82. The second kappa shape index (κ2) is 8.97. The van der Waals surface area contributed by atoms with Gasteiger partial charge < -0.3 is 14.7 Å². The summed E-state index contributed by atoms with van der Waals surface area (Å²) in [5.41, 5.74) is 0.132. The van der Waals surface area contributed by atoms with Crippen molar-refractivity contribution in [2.75, 3.05) is 32.8 Å². The van der Waals surface area contributed by atoms with E-state index in [1.165, 1.54) is 28.6 Å². The zero-order valence-electron chi connectivity index (χ0n) is 17.2. The van der Waals surface area contributed by atoms with Crippen molar-refractivity contribution in [3.8, 4) is 5.75 Å². The number of ether oxygens (including phenoxy) is 1. The third-order valence-corrected chi connectivity index (χ3v) is 7.31. The van der Waals surface area contributed by atoms with Crippen molar-refractivity contribution in [1.82, 2.24) is 9.21 Å². The SMILES string of the molecule is O=C(O)c1ccc(OCC(=O)N2CCN(S(=O)(=O)c3ccc4ccccc4c3)CC2)cc1. The Bertz CT molecular complexity index is 1250. The molecule has 0 bridgehead atoms. The Hall–Kier alpha value is -3.43. The van der Waals surface area contributed by atoms with Crippen LogP contribution in [0.2, 0.25) is 0 Å². The van der Waals surface area contributed by atoms with Crippen LogP contribution in [0, 0.1) is 0 Å². The van der Waals surface area contributed by atoms with E-state index in [1.807, 2.05) is 24.3 Å². The molecule has 0 saturated carbocycles. The number of hydrogen-bond acceptors (Lipinski definition) is 5. The van der Waals surface area contributed by atoms with Crippen LogP contribution < -0.4 is 4.74 Å². The number of sulfonamides is 1. The molecular weight excluding hydrogens is 432 g/mol. The molecule has 0 atom stereocenters. The molecule has 166 valence electrons. The predicted molar refractivity (Wildman–Crippen MR) is 118 cm³/mol. The van der Waals surface area contributed by atoms with Gasteiger partial charge in [0.05, 0.1) is 10.5 Å². The molecular formula is C23H22N2O6S. The van der Waals surface area contributed by atoms with E-state index in [-0.39, 0.29) is 49.2 Å². The van der Waals surface area contributed by atoms with Gasteiger partial charge in [-0.15, -0.1) is 0 Å². The first-order valence-electron chi connectivity index (χ1n) is 10.1. The number of fused-ring (bicyclic) bond motifs is 1. The summed E-state index contributed by atoms with van der Waals surface area (Å²) in [5, 5.41) is 10.7. The minimum absolute atomic E-state index is 0.132. The lowest BCUT2D eigenvalue weighted by atomic mass is 10.1. The smallest absolute Gasteiger partial charge is 0.335 e. The van der Waals surface area contributed by atoms with Gasteiger partial charge >= 0.3 is 5.97 Å². The zero-order valence-corrected chi connectivity index (χ0v) is 18.0. The predicted octanol–water partition coefficient (Wildman–Crippen LogP) is 2.45. The van der Waals surface area contributed by atoms with Crippen molar-refractivity contribution in [3.05, 3.63) is 72.3 Å². The Labute approximate surface area is 185 Å². The number of aromatic carboxylic acids is 1. The first-order valence-corrected chi connectivity index (χ1v) is 11.5. The third-order valence-electron chi connectivity index (χ3n) is 5.41. The summed E-state index contributed by atoms with van der Waals surface area (Å²) < 4.78 is 32.9. The maximum absolute atomic E-state index is 13.0. The van der Waals surface area contributed by atoms with Crippen molar-refractivity contribution in [2.24, 2.45) is 0 Å². The average molecular weight is 455 g/mol. The van der Waals surface area contributed by atoms with Gasteiger partial charge in [0.15, 0.2) is 6.61 Å². The molecule has 1 heterocycles. The molecule has 1 aliphatic heterocycles.